The van der Waals surface area contributed by atoms with Crippen molar-refractivity contribution in [2.45, 2.75) is 57.9 Å². The third-order valence-electron chi connectivity index (χ3n) is 5.10. The van der Waals surface area contributed by atoms with Gasteiger partial charge in [0.05, 0.1) is 22.9 Å². The summed E-state index contributed by atoms with van der Waals surface area (Å²) in [5.74, 6) is -1.16. The van der Waals surface area contributed by atoms with Crippen LogP contribution in [0.15, 0.2) is 36.5 Å². The van der Waals surface area contributed by atoms with Gasteiger partial charge >= 0.3 is 5.97 Å². The molecule has 1 aliphatic rings. The van der Waals surface area contributed by atoms with Gasteiger partial charge in [-0.15, -0.1) is 0 Å². The Balaban J connectivity index is 1.80. The molecule has 2 aromatic rings. The second-order valence-corrected chi connectivity index (χ2v) is 8.28. The number of amides is 1. The van der Waals surface area contributed by atoms with Crippen LogP contribution in [-0.4, -0.2) is 32.8 Å². The number of hydrogen-bond donors (Lipinski definition) is 2. The Kier molecular flexibility index (Phi) is 5.35. The zero-order valence-electron chi connectivity index (χ0n) is 16.1. The molecule has 1 heterocycles. The number of nitrogens with zero attached hydrogens (tertiary/aromatic N) is 2. The summed E-state index contributed by atoms with van der Waals surface area (Å²) in [6.45, 7) is 6.12. The first-order valence-electron chi connectivity index (χ1n) is 9.45. The van der Waals surface area contributed by atoms with Crippen molar-refractivity contribution >= 4 is 11.9 Å². The lowest BCUT2D eigenvalue weighted by atomic mass is 9.85. The van der Waals surface area contributed by atoms with Crippen LogP contribution in [0.1, 0.15) is 62.5 Å². The van der Waals surface area contributed by atoms with E-state index in [1.165, 1.54) is 0 Å². The molecule has 0 unspecified atom stereocenters. The second-order valence-electron chi connectivity index (χ2n) is 8.28. The van der Waals surface area contributed by atoms with Gasteiger partial charge in [-0.2, -0.15) is 5.10 Å². The number of carboxylic acids is 1. The van der Waals surface area contributed by atoms with Crippen molar-refractivity contribution in [3.8, 4) is 5.69 Å². The van der Waals surface area contributed by atoms with Crippen LogP contribution in [0.25, 0.3) is 5.69 Å². The molecule has 1 aromatic heterocycles. The minimum atomic E-state index is -0.737. The summed E-state index contributed by atoms with van der Waals surface area (Å²) in [6, 6.07) is 9.74. The van der Waals surface area contributed by atoms with Crippen LogP contribution >= 0.6 is 0 Å². The first-order chi connectivity index (χ1) is 12.8. The predicted molar refractivity (Wildman–Crippen MR) is 103 cm³/mol. The topological polar surface area (TPSA) is 84.2 Å². The van der Waals surface area contributed by atoms with Gasteiger partial charge in [0.1, 0.15) is 0 Å². The maximum Gasteiger partial charge on any atom is 0.306 e. The Morgan fingerprint density at radius 1 is 1.11 bits per heavy atom. The smallest absolute Gasteiger partial charge is 0.306 e. The van der Waals surface area contributed by atoms with E-state index in [2.05, 4.69) is 10.4 Å². The fourth-order valence-corrected chi connectivity index (χ4v) is 3.55. The minimum absolute atomic E-state index is 0.0148. The molecule has 0 atom stereocenters. The number of nitrogens with one attached hydrogen (secondary N) is 1. The third-order valence-corrected chi connectivity index (χ3v) is 5.10. The number of carbonyl (C=O) groups is 2. The lowest BCUT2D eigenvalue weighted by Crippen LogP contribution is -2.39. The van der Waals surface area contributed by atoms with Crippen LogP contribution in [0.4, 0.5) is 0 Å². The fraction of sp³-hybridized carbons (Fsp3) is 0.476. The Morgan fingerprint density at radius 3 is 2.30 bits per heavy atom. The quantitative estimate of drug-likeness (QED) is 0.863. The van der Waals surface area contributed by atoms with E-state index in [0.717, 1.165) is 11.4 Å². The molecule has 1 aromatic carbocycles. The van der Waals surface area contributed by atoms with Gasteiger partial charge in [-0.25, -0.2) is 4.68 Å². The van der Waals surface area contributed by atoms with Gasteiger partial charge in [0.15, 0.2) is 0 Å². The molecule has 1 amide bonds. The van der Waals surface area contributed by atoms with E-state index < -0.39 is 5.97 Å². The molecule has 0 spiro atoms. The first kappa shape index (κ1) is 19.1. The average Bonchev–Trinajstić information content (AvgIpc) is 3.09. The van der Waals surface area contributed by atoms with E-state index in [1.54, 1.807) is 10.9 Å². The lowest BCUT2D eigenvalue weighted by molar-refractivity contribution is -0.142. The Labute approximate surface area is 159 Å². The molecule has 3 rings (SSSR count). The van der Waals surface area contributed by atoms with Crippen LogP contribution in [0, 0.1) is 5.92 Å². The maximum absolute atomic E-state index is 13.0. The summed E-state index contributed by atoms with van der Waals surface area (Å²) in [4.78, 5) is 24.1. The largest absolute Gasteiger partial charge is 0.481 e. The highest BCUT2D eigenvalue weighted by atomic mass is 16.4. The zero-order chi connectivity index (χ0) is 19.6. The molecule has 2 N–H and O–H groups in total. The monoisotopic (exact) mass is 369 g/mol. The normalized spacial score (nSPS) is 20.3. The van der Waals surface area contributed by atoms with E-state index in [4.69, 9.17) is 5.11 Å². The van der Waals surface area contributed by atoms with Crippen LogP contribution in [0.3, 0.4) is 0 Å². The van der Waals surface area contributed by atoms with Gasteiger partial charge in [-0.1, -0.05) is 39.0 Å². The molecule has 1 saturated carbocycles. The second kappa shape index (κ2) is 7.55. The van der Waals surface area contributed by atoms with Crippen molar-refractivity contribution in [1.82, 2.24) is 15.1 Å². The van der Waals surface area contributed by atoms with Crippen LogP contribution in [0.2, 0.25) is 0 Å². The first-order valence-corrected chi connectivity index (χ1v) is 9.45. The van der Waals surface area contributed by atoms with Crippen LogP contribution < -0.4 is 5.32 Å². The Morgan fingerprint density at radius 2 is 1.74 bits per heavy atom. The number of para-hydroxylation sites is 1. The van der Waals surface area contributed by atoms with E-state index in [0.29, 0.717) is 31.2 Å². The van der Waals surface area contributed by atoms with Crippen LogP contribution in [0.5, 0.6) is 0 Å². The summed E-state index contributed by atoms with van der Waals surface area (Å²) in [5.41, 5.74) is 1.96. The number of hydrogen-bond acceptors (Lipinski definition) is 3. The molecule has 0 aliphatic heterocycles. The van der Waals surface area contributed by atoms with Crippen molar-refractivity contribution in [2.75, 3.05) is 0 Å². The standard InChI is InChI=1S/C21H27N3O3/c1-21(2,3)18-17(13-24(23-18)16-7-5-4-6-8-16)19(25)22-15-11-9-14(10-12-15)20(26)27/h4-8,13-15H,9-12H2,1-3H3,(H,22,25)(H,26,27). The Hall–Kier alpha value is -2.63. The van der Waals surface area contributed by atoms with Crippen molar-refractivity contribution in [3.63, 3.8) is 0 Å². The molecule has 27 heavy (non-hydrogen) atoms. The van der Waals surface area contributed by atoms with Crippen molar-refractivity contribution in [2.24, 2.45) is 5.92 Å². The van der Waals surface area contributed by atoms with Gasteiger partial charge in [-0.05, 0) is 37.8 Å². The van der Waals surface area contributed by atoms with E-state index in [9.17, 15) is 9.59 Å². The molecular formula is C21H27N3O3. The highest BCUT2D eigenvalue weighted by molar-refractivity contribution is 5.95. The van der Waals surface area contributed by atoms with Gasteiger partial charge in [0.2, 0.25) is 0 Å². The molecule has 0 radical (unpaired) electrons. The number of rotatable bonds is 4. The maximum atomic E-state index is 13.0. The van der Waals surface area contributed by atoms with Crippen molar-refractivity contribution in [3.05, 3.63) is 47.8 Å². The molecule has 1 fully saturated rings. The third kappa shape index (κ3) is 4.38. The summed E-state index contributed by atoms with van der Waals surface area (Å²) >= 11 is 0. The molecule has 0 saturated heterocycles. The Bertz CT molecular complexity index is 813. The van der Waals surface area contributed by atoms with Gasteiger partial charge in [-0.3, -0.25) is 9.59 Å². The van der Waals surface area contributed by atoms with Gasteiger partial charge in [0.25, 0.3) is 5.91 Å². The highest BCUT2D eigenvalue weighted by Crippen LogP contribution is 2.28. The van der Waals surface area contributed by atoms with Crippen molar-refractivity contribution < 1.29 is 14.7 Å². The fourth-order valence-electron chi connectivity index (χ4n) is 3.55. The molecule has 0 bridgehead atoms. The summed E-state index contributed by atoms with van der Waals surface area (Å²) < 4.78 is 1.75. The lowest BCUT2D eigenvalue weighted by Gasteiger charge is -2.27. The number of carbonyl (C=O) groups excluding carboxylic acids is 1. The van der Waals surface area contributed by atoms with Crippen LogP contribution in [-0.2, 0) is 10.2 Å². The number of aliphatic carboxylic acids is 1. The molecule has 6 nitrogen and oxygen atoms in total. The summed E-state index contributed by atoms with van der Waals surface area (Å²) in [6.07, 6.45) is 4.39. The number of benzene rings is 1. The zero-order valence-corrected chi connectivity index (χ0v) is 16.1. The highest BCUT2D eigenvalue weighted by Gasteiger charge is 2.30. The van der Waals surface area contributed by atoms with Gasteiger partial charge < -0.3 is 10.4 Å². The molecule has 144 valence electrons. The van der Waals surface area contributed by atoms with Crippen molar-refractivity contribution in [1.29, 1.82) is 0 Å². The number of carboxylic acid groups (broad SMARTS) is 1. The number of aromatic nitrogens is 2. The molecule has 6 heteroatoms. The average molecular weight is 369 g/mol. The van der Waals surface area contributed by atoms with E-state index in [-0.39, 0.29) is 23.3 Å². The van der Waals surface area contributed by atoms with E-state index in [1.807, 2.05) is 51.1 Å². The minimum Gasteiger partial charge on any atom is -0.481 e. The predicted octanol–water partition coefficient (Wildman–Crippen LogP) is 3.54. The summed E-state index contributed by atoms with van der Waals surface area (Å²) in [7, 11) is 0. The van der Waals surface area contributed by atoms with Gasteiger partial charge in [0, 0.05) is 17.7 Å². The molecular weight excluding hydrogens is 342 g/mol. The summed E-state index contributed by atoms with van der Waals surface area (Å²) in [5, 5.41) is 16.9. The molecule has 1 aliphatic carbocycles. The SMILES string of the molecule is CC(C)(C)c1nn(-c2ccccc2)cc1C(=O)NC1CCC(C(=O)O)CC1. The van der Waals surface area contributed by atoms with E-state index >= 15 is 0 Å².